The number of halogens is 1. The Kier molecular flexibility index (Phi) is 4.12. The first-order valence-electron chi connectivity index (χ1n) is 7.72. The highest BCUT2D eigenvalue weighted by Crippen LogP contribution is 2.39. The van der Waals surface area contributed by atoms with Crippen molar-refractivity contribution >= 4 is 0 Å². The number of hydrogen-bond donors (Lipinski definition) is 0. The SMILES string of the molecule is N#Cc1c(F)cccc1OC1CCOC2(CCCCC2)C1. The number of nitriles is 1. The van der Waals surface area contributed by atoms with Gasteiger partial charge >= 0.3 is 0 Å². The summed E-state index contributed by atoms with van der Waals surface area (Å²) >= 11 is 0. The maximum atomic E-state index is 13.6. The van der Waals surface area contributed by atoms with Crippen LogP contribution < -0.4 is 4.74 Å². The van der Waals surface area contributed by atoms with E-state index in [-0.39, 0.29) is 17.3 Å². The van der Waals surface area contributed by atoms with Gasteiger partial charge in [0.15, 0.2) is 0 Å². The quantitative estimate of drug-likeness (QED) is 0.827. The molecule has 0 amide bonds. The molecule has 1 aromatic carbocycles. The molecular weight excluding hydrogens is 269 g/mol. The van der Waals surface area contributed by atoms with Crippen molar-refractivity contribution in [1.82, 2.24) is 0 Å². The highest BCUT2D eigenvalue weighted by Gasteiger charge is 2.39. The normalized spacial score (nSPS) is 24.5. The van der Waals surface area contributed by atoms with Crippen LogP contribution in [0.3, 0.4) is 0 Å². The summed E-state index contributed by atoms with van der Waals surface area (Å²) in [6.45, 7) is 0.682. The second kappa shape index (κ2) is 6.03. The first-order valence-corrected chi connectivity index (χ1v) is 7.72. The van der Waals surface area contributed by atoms with Crippen LogP contribution in [0.5, 0.6) is 5.75 Å². The van der Waals surface area contributed by atoms with Crippen LogP contribution in [0.15, 0.2) is 18.2 Å². The van der Waals surface area contributed by atoms with Crippen LogP contribution in [-0.4, -0.2) is 18.3 Å². The third-order valence-corrected chi connectivity index (χ3v) is 4.59. The van der Waals surface area contributed by atoms with Crippen LogP contribution in [-0.2, 0) is 4.74 Å². The summed E-state index contributed by atoms with van der Waals surface area (Å²) in [5.74, 6) is -0.162. The summed E-state index contributed by atoms with van der Waals surface area (Å²) in [4.78, 5) is 0. The molecule has 0 N–H and O–H groups in total. The standard InChI is InChI=1S/C17H20FNO2/c18-15-5-4-6-16(14(15)12-19)21-13-7-10-20-17(11-13)8-2-1-3-9-17/h4-6,13H,1-3,7-11H2. The van der Waals surface area contributed by atoms with Gasteiger partial charge in [-0.2, -0.15) is 5.26 Å². The molecule has 1 aliphatic heterocycles. The van der Waals surface area contributed by atoms with Gasteiger partial charge in [0.05, 0.1) is 12.2 Å². The van der Waals surface area contributed by atoms with Crippen molar-refractivity contribution in [2.24, 2.45) is 0 Å². The van der Waals surface area contributed by atoms with Gasteiger partial charge in [0, 0.05) is 12.8 Å². The van der Waals surface area contributed by atoms with E-state index in [1.807, 2.05) is 6.07 Å². The van der Waals surface area contributed by atoms with E-state index in [0.717, 1.165) is 25.7 Å². The lowest BCUT2D eigenvalue weighted by Gasteiger charge is -2.43. The summed E-state index contributed by atoms with van der Waals surface area (Å²) in [6.07, 6.45) is 7.50. The van der Waals surface area contributed by atoms with E-state index in [1.165, 1.54) is 25.3 Å². The number of nitrogens with zero attached hydrogens (tertiary/aromatic N) is 1. The Labute approximate surface area is 124 Å². The minimum Gasteiger partial charge on any atom is -0.489 e. The van der Waals surface area contributed by atoms with E-state index >= 15 is 0 Å². The molecule has 1 heterocycles. The van der Waals surface area contributed by atoms with Gasteiger partial charge in [-0.25, -0.2) is 4.39 Å². The van der Waals surface area contributed by atoms with Crippen LogP contribution in [0.4, 0.5) is 4.39 Å². The minimum absolute atomic E-state index is 0.00156. The summed E-state index contributed by atoms with van der Waals surface area (Å²) in [5, 5.41) is 9.08. The van der Waals surface area contributed by atoms with E-state index in [2.05, 4.69) is 0 Å². The minimum atomic E-state index is -0.519. The highest BCUT2D eigenvalue weighted by molar-refractivity contribution is 5.43. The maximum Gasteiger partial charge on any atom is 0.144 e. The predicted molar refractivity (Wildman–Crippen MR) is 76.5 cm³/mol. The number of ether oxygens (including phenoxy) is 2. The van der Waals surface area contributed by atoms with Crippen molar-refractivity contribution in [3.63, 3.8) is 0 Å². The third kappa shape index (κ3) is 3.03. The van der Waals surface area contributed by atoms with Crippen molar-refractivity contribution in [3.8, 4) is 11.8 Å². The largest absolute Gasteiger partial charge is 0.489 e. The van der Waals surface area contributed by atoms with Gasteiger partial charge < -0.3 is 9.47 Å². The van der Waals surface area contributed by atoms with Crippen LogP contribution >= 0.6 is 0 Å². The average Bonchev–Trinajstić information content (AvgIpc) is 2.48. The Hall–Kier alpha value is -1.60. The fourth-order valence-electron chi connectivity index (χ4n) is 3.52. The van der Waals surface area contributed by atoms with E-state index in [9.17, 15) is 4.39 Å². The molecule has 1 aliphatic carbocycles. The monoisotopic (exact) mass is 289 g/mol. The van der Waals surface area contributed by atoms with Gasteiger partial charge in [-0.15, -0.1) is 0 Å². The molecule has 112 valence electrons. The molecule has 1 spiro atoms. The zero-order valence-electron chi connectivity index (χ0n) is 12.1. The molecule has 21 heavy (non-hydrogen) atoms. The fraction of sp³-hybridized carbons (Fsp3) is 0.588. The van der Waals surface area contributed by atoms with E-state index in [1.54, 1.807) is 12.1 Å². The smallest absolute Gasteiger partial charge is 0.144 e. The topological polar surface area (TPSA) is 42.2 Å². The molecular formula is C17H20FNO2. The van der Waals surface area contributed by atoms with Crippen LogP contribution in [0.1, 0.15) is 50.5 Å². The van der Waals surface area contributed by atoms with Crippen molar-refractivity contribution in [2.75, 3.05) is 6.61 Å². The van der Waals surface area contributed by atoms with Crippen LogP contribution in [0, 0.1) is 17.1 Å². The number of hydrogen-bond acceptors (Lipinski definition) is 3. The Balaban J connectivity index is 1.73. The lowest BCUT2D eigenvalue weighted by molar-refractivity contribution is -0.129. The zero-order valence-corrected chi connectivity index (χ0v) is 12.1. The van der Waals surface area contributed by atoms with Crippen molar-refractivity contribution in [3.05, 3.63) is 29.6 Å². The Morgan fingerprint density at radius 3 is 2.86 bits per heavy atom. The van der Waals surface area contributed by atoms with E-state index in [4.69, 9.17) is 14.7 Å². The van der Waals surface area contributed by atoms with E-state index in [0.29, 0.717) is 12.4 Å². The summed E-state index contributed by atoms with van der Waals surface area (Å²) in [6, 6.07) is 6.44. The second-order valence-electron chi connectivity index (χ2n) is 6.05. The number of rotatable bonds is 2. The molecule has 0 radical (unpaired) electrons. The summed E-state index contributed by atoms with van der Waals surface area (Å²) in [5.41, 5.74) is -0.0527. The molecule has 0 bridgehead atoms. The van der Waals surface area contributed by atoms with Gasteiger partial charge in [-0.1, -0.05) is 25.3 Å². The molecule has 2 fully saturated rings. The van der Waals surface area contributed by atoms with Gasteiger partial charge in [0.25, 0.3) is 0 Å². The van der Waals surface area contributed by atoms with Crippen LogP contribution in [0.25, 0.3) is 0 Å². The predicted octanol–water partition coefficient (Wildman–Crippen LogP) is 3.96. The first kappa shape index (κ1) is 14.3. The lowest BCUT2D eigenvalue weighted by Crippen LogP contribution is -2.45. The van der Waals surface area contributed by atoms with Gasteiger partial charge in [-0.3, -0.25) is 0 Å². The molecule has 2 aliphatic rings. The first-order chi connectivity index (χ1) is 10.2. The van der Waals surface area contributed by atoms with Gasteiger partial charge in [-0.05, 0) is 25.0 Å². The van der Waals surface area contributed by atoms with Crippen molar-refractivity contribution in [2.45, 2.75) is 56.7 Å². The highest BCUT2D eigenvalue weighted by atomic mass is 19.1. The molecule has 1 unspecified atom stereocenters. The van der Waals surface area contributed by atoms with Crippen molar-refractivity contribution in [1.29, 1.82) is 5.26 Å². The lowest BCUT2D eigenvalue weighted by atomic mass is 9.79. The molecule has 0 aromatic heterocycles. The Morgan fingerprint density at radius 2 is 2.10 bits per heavy atom. The summed E-state index contributed by atoms with van der Waals surface area (Å²) in [7, 11) is 0. The molecule has 1 saturated heterocycles. The molecule has 1 atom stereocenters. The van der Waals surface area contributed by atoms with Crippen molar-refractivity contribution < 1.29 is 13.9 Å². The van der Waals surface area contributed by atoms with Crippen LogP contribution in [0.2, 0.25) is 0 Å². The second-order valence-corrected chi connectivity index (χ2v) is 6.05. The van der Waals surface area contributed by atoms with E-state index < -0.39 is 5.82 Å². The van der Waals surface area contributed by atoms with Gasteiger partial charge in [0.1, 0.15) is 29.3 Å². The molecule has 4 heteroatoms. The third-order valence-electron chi connectivity index (χ3n) is 4.59. The fourth-order valence-corrected chi connectivity index (χ4v) is 3.52. The molecule has 3 rings (SSSR count). The Bertz CT molecular complexity index is 541. The average molecular weight is 289 g/mol. The molecule has 3 nitrogen and oxygen atoms in total. The van der Waals surface area contributed by atoms with Gasteiger partial charge in [0.2, 0.25) is 0 Å². The molecule has 1 aromatic rings. The summed E-state index contributed by atoms with van der Waals surface area (Å²) < 4.78 is 25.6. The number of benzene rings is 1. The molecule has 1 saturated carbocycles. The maximum absolute atomic E-state index is 13.6. The Morgan fingerprint density at radius 1 is 1.29 bits per heavy atom. The zero-order chi connectivity index (χ0) is 14.7.